The van der Waals surface area contributed by atoms with E-state index in [0.717, 1.165) is 30.6 Å². The lowest BCUT2D eigenvalue weighted by molar-refractivity contribution is -0.118. The van der Waals surface area contributed by atoms with Gasteiger partial charge < -0.3 is 5.32 Å². The first-order chi connectivity index (χ1) is 9.81. The fourth-order valence-electron chi connectivity index (χ4n) is 3.74. The maximum absolute atomic E-state index is 12.1. The second-order valence-electron chi connectivity index (χ2n) is 6.24. The average molecular weight is 272 g/mol. The number of para-hydroxylation sites is 1. The van der Waals surface area contributed by atoms with Crippen LogP contribution in [0.1, 0.15) is 32.1 Å². The molecule has 2 aliphatic rings. The quantitative estimate of drug-likeness (QED) is 0.917. The minimum atomic E-state index is 0.116. The lowest BCUT2D eigenvalue weighted by atomic mass is 9.75. The fraction of sp³-hybridized carbons (Fsp3) is 0.588. The van der Waals surface area contributed by atoms with Gasteiger partial charge in [0.2, 0.25) is 5.91 Å². The largest absolute Gasteiger partial charge is 0.325 e. The minimum absolute atomic E-state index is 0.116. The van der Waals surface area contributed by atoms with Gasteiger partial charge in [-0.25, -0.2) is 0 Å². The Kier molecular flexibility index (Phi) is 4.36. The van der Waals surface area contributed by atoms with E-state index in [1.54, 1.807) is 0 Å². The molecule has 3 rings (SSSR count). The van der Waals surface area contributed by atoms with Crippen LogP contribution in [0.15, 0.2) is 30.3 Å². The zero-order valence-electron chi connectivity index (χ0n) is 12.1. The number of nitrogens with one attached hydrogen (secondary N) is 1. The number of fused-ring (bicyclic) bond motifs is 1. The number of amides is 1. The van der Waals surface area contributed by atoms with E-state index in [9.17, 15) is 4.79 Å². The van der Waals surface area contributed by atoms with Crippen LogP contribution >= 0.6 is 0 Å². The van der Waals surface area contributed by atoms with Gasteiger partial charge in [-0.1, -0.05) is 37.5 Å². The smallest absolute Gasteiger partial charge is 0.238 e. The summed E-state index contributed by atoms with van der Waals surface area (Å²) in [6.07, 6.45) is 6.85. The van der Waals surface area contributed by atoms with Crippen molar-refractivity contribution in [2.75, 3.05) is 25.0 Å². The Bertz CT molecular complexity index is 446. The highest BCUT2D eigenvalue weighted by atomic mass is 16.2. The molecule has 1 N–H and O–H groups in total. The third-order valence-corrected chi connectivity index (χ3v) is 4.80. The van der Waals surface area contributed by atoms with Crippen LogP contribution in [0, 0.1) is 11.8 Å². The number of nitrogens with zero attached hydrogens (tertiary/aromatic N) is 1. The van der Waals surface area contributed by atoms with Gasteiger partial charge in [0, 0.05) is 12.2 Å². The molecule has 0 aromatic heterocycles. The molecule has 20 heavy (non-hydrogen) atoms. The number of hydrogen-bond donors (Lipinski definition) is 1. The third kappa shape index (κ3) is 3.40. The molecule has 2 fully saturated rings. The molecule has 1 aromatic carbocycles. The number of carbonyl (C=O) groups is 1. The molecule has 3 nitrogen and oxygen atoms in total. The normalized spacial score (nSPS) is 26.8. The molecule has 1 saturated heterocycles. The maximum Gasteiger partial charge on any atom is 0.238 e. The van der Waals surface area contributed by atoms with Crippen molar-refractivity contribution in [3.63, 3.8) is 0 Å². The molecular formula is C17H24N2O. The second-order valence-corrected chi connectivity index (χ2v) is 6.24. The molecule has 1 aliphatic carbocycles. The first-order valence-electron chi connectivity index (χ1n) is 7.88. The fourth-order valence-corrected chi connectivity index (χ4v) is 3.74. The summed E-state index contributed by atoms with van der Waals surface area (Å²) in [5, 5.41) is 2.98. The first-order valence-corrected chi connectivity index (χ1v) is 7.88. The van der Waals surface area contributed by atoms with Gasteiger partial charge in [0.05, 0.1) is 6.54 Å². The molecular weight excluding hydrogens is 248 g/mol. The summed E-state index contributed by atoms with van der Waals surface area (Å²) in [5.41, 5.74) is 0.894. The van der Waals surface area contributed by atoms with Crippen molar-refractivity contribution in [1.82, 2.24) is 4.90 Å². The standard InChI is InChI=1S/C17H24N2O/c20-17(18-16-8-2-1-3-9-16)13-19-11-10-14-6-4-5-7-15(14)12-19/h1-3,8-9,14-15H,4-7,10-13H2,(H,18,20)/t14-,15+/m0/s1. The molecule has 1 heterocycles. The van der Waals surface area contributed by atoms with Crippen molar-refractivity contribution in [3.8, 4) is 0 Å². The van der Waals surface area contributed by atoms with Crippen molar-refractivity contribution < 1.29 is 4.79 Å². The Morgan fingerprint density at radius 3 is 2.65 bits per heavy atom. The van der Waals surface area contributed by atoms with E-state index in [1.165, 1.54) is 32.1 Å². The minimum Gasteiger partial charge on any atom is -0.325 e. The van der Waals surface area contributed by atoms with Crippen molar-refractivity contribution >= 4 is 11.6 Å². The summed E-state index contributed by atoms with van der Waals surface area (Å²) >= 11 is 0. The monoisotopic (exact) mass is 272 g/mol. The van der Waals surface area contributed by atoms with E-state index in [1.807, 2.05) is 30.3 Å². The average Bonchev–Trinajstić information content (AvgIpc) is 2.48. The number of likely N-dealkylation sites (tertiary alicyclic amines) is 1. The molecule has 0 bridgehead atoms. The molecule has 1 aliphatic heterocycles. The van der Waals surface area contributed by atoms with Crippen LogP contribution in [0.2, 0.25) is 0 Å². The van der Waals surface area contributed by atoms with E-state index in [2.05, 4.69) is 10.2 Å². The summed E-state index contributed by atoms with van der Waals surface area (Å²) in [6.45, 7) is 2.74. The molecule has 1 aromatic rings. The van der Waals surface area contributed by atoms with Crippen LogP contribution in [0.3, 0.4) is 0 Å². The summed E-state index contributed by atoms with van der Waals surface area (Å²) in [5.74, 6) is 1.88. The van der Waals surface area contributed by atoms with E-state index >= 15 is 0 Å². The van der Waals surface area contributed by atoms with E-state index in [-0.39, 0.29) is 5.91 Å². The van der Waals surface area contributed by atoms with Gasteiger partial charge in [-0.05, 0) is 43.4 Å². The highest BCUT2D eigenvalue weighted by Crippen LogP contribution is 2.35. The molecule has 3 heteroatoms. The summed E-state index contributed by atoms with van der Waals surface area (Å²) < 4.78 is 0. The number of benzene rings is 1. The number of piperidine rings is 1. The topological polar surface area (TPSA) is 32.3 Å². The maximum atomic E-state index is 12.1. The number of rotatable bonds is 3. The summed E-state index contributed by atoms with van der Waals surface area (Å²) in [7, 11) is 0. The Morgan fingerprint density at radius 2 is 1.85 bits per heavy atom. The van der Waals surface area contributed by atoms with Gasteiger partial charge in [0.25, 0.3) is 0 Å². The SMILES string of the molecule is O=C(CN1CC[C@@H]2CCCC[C@@H]2C1)Nc1ccccc1. The van der Waals surface area contributed by atoms with Crippen LogP contribution < -0.4 is 5.32 Å². The summed E-state index contributed by atoms with van der Waals surface area (Å²) in [6, 6.07) is 9.73. The highest BCUT2D eigenvalue weighted by molar-refractivity contribution is 5.92. The zero-order valence-corrected chi connectivity index (χ0v) is 12.1. The highest BCUT2D eigenvalue weighted by Gasteiger charge is 2.31. The van der Waals surface area contributed by atoms with Crippen molar-refractivity contribution in [1.29, 1.82) is 0 Å². The Labute approximate surface area is 121 Å². The lowest BCUT2D eigenvalue weighted by Gasteiger charge is -2.41. The Morgan fingerprint density at radius 1 is 1.10 bits per heavy atom. The first kappa shape index (κ1) is 13.6. The van der Waals surface area contributed by atoms with Gasteiger partial charge in [0.15, 0.2) is 0 Å². The predicted octanol–water partition coefficient (Wildman–Crippen LogP) is 3.14. The van der Waals surface area contributed by atoms with Crippen LogP contribution in [0.25, 0.3) is 0 Å². The van der Waals surface area contributed by atoms with Gasteiger partial charge in [-0.15, -0.1) is 0 Å². The van der Waals surface area contributed by atoms with Crippen molar-refractivity contribution in [2.24, 2.45) is 11.8 Å². The van der Waals surface area contributed by atoms with Crippen molar-refractivity contribution in [2.45, 2.75) is 32.1 Å². The molecule has 0 unspecified atom stereocenters. The predicted molar refractivity (Wildman–Crippen MR) is 81.6 cm³/mol. The summed E-state index contributed by atoms with van der Waals surface area (Å²) in [4.78, 5) is 14.4. The van der Waals surface area contributed by atoms with E-state index < -0.39 is 0 Å². The van der Waals surface area contributed by atoms with Crippen LogP contribution in [0.5, 0.6) is 0 Å². The lowest BCUT2D eigenvalue weighted by Crippen LogP contribution is -2.44. The molecule has 108 valence electrons. The number of carbonyl (C=O) groups excluding carboxylic acids is 1. The molecule has 2 atom stereocenters. The second kappa shape index (κ2) is 6.40. The Balaban J connectivity index is 1.49. The number of hydrogen-bond acceptors (Lipinski definition) is 2. The van der Waals surface area contributed by atoms with Crippen LogP contribution in [-0.2, 0) is 4.79 Å². The Hall–Kier alpha value is -1.35. The van der Waals surface area contributed by atoms with Crippen molar-refractivity contribution in [3.05, 3.63) is 30.3 Å². The molecule has 1 saturated carbocycles. The molecule has 0 radical (unpaired) electrons. The van der Waals surface area contributed by atoms with E-state index in [0.29, 0.717) is 6.54 Å². The molecule has 0 spiro atoms. The van der Waals surface area contributed by atoms with Gasteiger partial charge in [-0.2, -0.15) is 0 Å². The van der Waals surface area contributed by atoms with Gasteiger partial charge >= 0.3 is 0 Å². The van der Waals surface area contributed by atoms with Gasteiger partial charge in [0.1, 0.15) is 0 Å². The number of anilines is 1. The molecule has 1 amide bonds. The van der Waals surface area contributed by atoms with Crippen LogP contribution in [-0.4, -0.2) is 30.4 Å². The van der Waals surface area contributed by atoms with Gasteiger partial charge in [-0.3, -0.25) is 9.69 Å². The van der Waals surface area contributed by atoms with E-state index in [4.69, 9.17) is 0 Å². The van der Waals surface area contributed by atoms with Crippen LogP contribution in [0.4, 0.5) is 5.69 Å². The third-order valence-electron chi connectivity index (χ3n) is 4.80. The zero-order chi connectivity index (χ0) is 13.8.